The van der Waals surface area contributed by atoms with Crippen LogP contribution in [0.1, 0.15) is 20.8 Å². The summed E-state index contributed by atoms with van der Waals surface area (Å²) in [6.45, 7) is 3.70. The topological polar surface area (TPSA) is 84.8 Å². The van der Waals surface area contributed by atoms with E-state index in [0.29, 0.717) is 5.56 Å². The van der Waals surface area contributed by atoms with Crippen LogP contribution in [0.25, 0.3) is 11.5 Å². The molecule has 0 saturated carbocycles. The van der Waals surface area contributed by atoms with E-state index in [0.717, 1.165) is 0 Å². The number of ether oxygens (including phenoxy) is 1. The van der Waals surface area contributed by atoms with Crippen molar-refractivity contribution in [2.24, 2.45) is 0 Å². The molecule has 17 heavy (non-hydrogen) atoms. The highest BCUT2D eigenvalue weighted by atomic mass is 16.5. The average Bonchev–Trinajstić information content (AvgIpc) is 2.75. The van der Waals surface area contributed by atoms with Crippen molar-refractivity contribution < 1.29 is 10.6 Å². The van der Waals surface area contributed by atoms with E-state index < -0.39 is 0 Å². The number of nitrogens with zero attached hydrogens (tertiary/aromatic N) is 4. The minimum atomic E-state index is -0.217. The van der Waals surface area contributed by atoms with Crippen molar-refractivity contribution in [1.82, 2.24) is 15.1 Å². The summed E-state index contributed by atoms with van der Waals surface area (Å²) >= 11 is 0. The molecule has 0 aliphatic carbocycles. The Balaban J connectivity index is 2.39. The van der Waals surface area contributed by atoms with Crippen LogP contribution in [0.2, 0.25) is 0 Å². The van der Waals surface area contributed by atoms with Crippen molar-refractivity contribution in [3.05, 3.63) is 24.1 Å². The third kappa shape index (κ3) is 2.39. The van der Waals surface area contributed by atoms with E-state index in [9.17, 15) is 0 Å². The van der Waals surface area contributed by atoms with E-state index in [1.807, 2.05) is 19.9 Å². The molecule has 2 aromatic heterocycles. The molecule has 0 unspecified atom stereocenters. The Labute approximate surface area is 99.3 Å². The maximum Gasteiger partial charge on any atom is 0.259 e. The van der Waals surface area contributed by atoms with Gasteiger partial charge in [0.1, 0.15) is 13.0 Å². The van der Waals surface area contributed by atoms with Gasteiger partial charge in [0.2, 0.25) is 5.88 Å². The van der Waals surface area contributed by atoms with Gasteiger partial charge in [-0.15, -0.1) is 0 Å². The van der Waals surface area contributed by atoms with Crippen molar-refractivity contribution >= 4 is 0 Å². The van der Waals surface area contributed by atoms with Crippen LogP contribution in [0, 0.1) is 11.3 Å². The van der Waals surface area contributed by atoms with Gasteiger partial charge in [0.15, 0.2) is 6.30 Å². The summed E-state index contributed by atoms with van der Waals surface area (Å²) in [5, 5.41) is 12.4. The zero-order valence-corrected chi connectivity index (χ0v) is 9.34. The zero-order chi connectivity index (χ0) is 13.1. The highest BCUT2D eigenvalue weighted by Gasteiger charge is 2.11. The molecular formula is C11H10N4O2. The van der Waals surface area contributed by atoms with Gasteiger partial charge in [-0.1, -0.05) is 5.16 Å². The van der Waals surface area contributed by atoms with Gasteiger partial charge < -0.3 is 9.26 Å². The summed E-state index contributed by atoms with van der Waals surface area (Å²) in [7, 11) is 0. The van der Waals surface area contributed by atoms with E-state index in [4.69, 9.17) is 15.9 Å². The maximum absolute atomic E-state index is 9.03. The third-order valence-electron chi connectivity index (χ3n) is 1.89. The predicted octanol–water partition coefficient (Wildman–Crippen LogP) is 1.79. The van der Waals surface area contributed by atoms with Crippen LogP contribution in [0.5, 0.6) is 5.88 Å². The fourth-order valence-corrected chi connectivity index (χ4v) is 1.23. The van der Waals surface area contributed by atoms with Gasteiger partial charge >= 0.3 is 0 Å². The fraction of sp³-hybridized carbons (Fsp3) is 0.273. The van der Waals surface area contributed by atoms with Gasteiger partial charge in [0.05, 0.1) is 11.7 Å². The van der Waals surface area contributed by atoms with Crippen LogP contribution in [-0.2, 0) is 0 Å². The second-order valence-electron chi connectivity index (χ2n) is 3.55. The molecule has 0 aliphatic heterocycles. The van der Waals surface area contributed by atoms with Crippen LogP contribution < -0.4 is 4.74 Å². The lowest BCUT2D eigenvalue weighted by atomic mass is 10.2. The van der Waals surface area contributed by atoms with Gasteiger partial charge in [0.25, 0.3) is 5.89 Å². The highest BCUT2D eigenvalue weighted by molar-refractivity contribution is 5.56. The lowest BCUT2D eigenvalue weighted by molar-refractivity contribution is 0.232. The Bertz CT molecular complexity index is 603. The van der Waals surface area contributed by atoms with Crippen LogP contribution in [-0.4, -0.2) is 21.2 Å². The minimum absolute atomic E-state index is 0.0706. The van der Waals surface area contributed by atoms with Crippen molar-refractivity contribution in [2.75, 3.05) is 0 Å². The lowest BCUT2D eigenvalue weighted by Crippen LogP contribution is -2.08. The molecule has 0 N–H and O–H groups in total. The first kappa shape index (κ1) is 9.78. The average molecular weight is 231 g/mol. The lowest BCUT2D eigenvalue weighted by Gasteiger charge is -2.09. The monoisotopic (exact) mass is 231 g/mol. The fourth-order valence-electron chi connectivity index (χ4n) is 1.23. The van der Waals surface area contributed by atoms with E-state index in [2.05, 4.69) is 15.1 Å². The Morgan fingerprint density at radius 1 is 1.53 bits per heavy atom. The first-order valence-electron chi connectivity index (χ1n) is 5.47. The van der Waals surface area contributed by atoms with Gasteiger partial charge in [-0.05, 0) is 19.9 Å². The Kier molecular flexibility index (Phi) is 2.66. The molecule has 0 aromatic carbocycles. The van der Waals surface area contributed by atoms with Crippen LogP contribution in [0.15, 0.2) is 23.1 Å². The first-order valence-corrected chi connectivity index (χ1v) is 4.97. The molecule has 6 nitrogen and oxygen atoms in total. The van der Waals surface area contributed by atoms with E-state index in [1.165, 1.54) is 12.3 Å². The summed E-state index contributed by atoms with van der Waals surface area (Å²) < 4.78 is 17.4. The quantitative estimate of drug-likeness (QED) is 0.800. The number of rotatable bonds is 3. The van der Waals surface area contributed by atoms with Gasteiger partial charge in [-0.3, -0.25) is 0 Å². The van der Waals surface area contributed by atoms with Gasteiger partial charge in [-0.2, -0.15) is 10.2 Å². The number of hydrogen-bond acceptors (Lipinski definition) is 6. The zero-order valence-electron chi connectivity index (χ0n) is 10.3. The molecule has 2 rings (SSSR count). The molecule has 0 saturated heterocycles. The molecular weight excluding hydrogens is 220 g/mol. The molecule has 2 heterocycles. The SMILES string of the molecule is [2H]c1noc(-c2cnc(OC(C)C)c(C#N)c2)n1. The number of hydrogen-bond donors (Lipinski definition) is 0. The van der Waals surface area contributed by atoms with Gasteiger partial charge in [-0.25, -0.2) is 4.98 Å². The Morgan fingerprint density at radius 2 is 2.35 bits per heavy atom. The van der Waals surface area contributed by atoms with E-state index in [-0.39, 0.29) is 29.7 Å². The van der Waals surface area contributed by atoms with Crippen LogP contribution in [0.4, 0.5) is 0 Å². The standard InChI is InChI=1S/C11H10N4O2/c1-7(2)16-10-8(4-12)3-9(5-13-10)11-14-6-15-17-11/h3,5-7H,1-2H3/i6D. The summed E-state index contributed by atoms with van der Waals surface area (Å²) in [6, 6.07) is 3.53. The largest absolute Gasteiger partial charge is 0.474 e. The minimum Gasteiger partial charge on any atom is -0.474 e. The summed E-state index contributed by atoms with van der Waals surface area (Å²) in [4.78, 5) is 7.79. The van der Waals surface area contributed by atoms with Crippen LogP contribution >= 0.6 is 0 Å². The van der Waals surface area contributed by atoms with Gasteiger partial charge in [0, 0.05) is 6.20 Å². The molecule has 0 atom stereocenters. The van der Waals surface area contributed by atoms with E-state index in [1.54, 1.807) is 0 Å². The molecule has 0 spiro atoms. The van der Waals surface area contributed by atoms with Crippen molar-refractivity contribution in [3.63, 3.8) is 0 Å². The van der Waals surface area contributed by atoms with Crippen LogP contribution in [0.3, 0.4) is 0 Å². The van der Waals surface area contributed by atoms with Crippen molar-refractivity contribution in [1.29, 1.82) is 5.26 Å². The maximum atomic E-state index is 9.03. The molecule has 0 amide bonds. The Hall–Kier alpha value is -2.42. The molecule has 6 heteroatoms. The highest BCUT2D eigenvalue weighted by Crippen LogP contribution is 2.22. The summed E-state index contributed by atoms with van der Waals surface area (Å²) in [5.41, 5.74) is 0.764. The molecule has 0 radical (unpaired) electrons. The van der Waals surface area contributed by atoms with E-state index >= 15 is 0 Å². The summed E-state index contributed by atoms with van der Waals surface area (Å²) in [6.07, 6.45) is 1.18. The molecule has 2 aromatic rings. The smallest absolute Gasteiger partial charge is 0.259 e. The van der Waals surface area contributed by atoms with Crippen molar-refractivity contribution in [3.8, 4) is 23.4 Å². The number of nitriles is 1. The summed E-state index contributed by atoms with van der Waals surface area (Å²) in [5.74, 6) is 0.418. The predicted molar refractivity (Wildman–Crippen MR) is 58.0 cm³/mol. The number of aromatic nitrogens is 3. The Morgan fingerprint density at radius 3 is 2.94 bits per heavy atom. The molecule has 0 aliphatic rings. The number of pyridine rings is 1. The molecule has 0 fully saturated rings. The second-order valence-corrected chi connectivity index (χ2v) is 3.55. The molecule has 0 bridgehead atoms. The first-order chi connectivity index (χ1) is 8.60. The normalized spacial score (nSPS) is 11.1. The molecule has 86 valence electrons. The third-order valence-corrected chi connectivity index (χ3v) is 1.89. The van der Waals surface area contributed by atoms with Crippen molar-refractivity contribution in [2.45, 2.75) is 20.0 Å². The second kappa shape index (κ2) is 4.61.